The van der Waals surface area contributed by atoms with Crippen molar-refractivity contribution in [2.45, 2.75) is 33.6 Å². The molecule has 1 aromatic rings. The molecular formula is C14H19NO. The normalized spacial score (nSPS) is 15.3. The topological polar surface area (TPSA) is 12.5 Å². The first-order chi connectivity index (χ1) is 7.56. The Morgan fingerprint density at radius 3 is 2.50 bits per heavy atom. The van der Waals surface area contributed by atoms with Crippen molar-refractivity contribution in [3.8, 4) is 0 Å². The summed E-state index contributed by atoms with van der Waals surface area (Å²) < 4.78 is 5.45. The van der Waals surface area contributed by atoms with Crippen molar-refractivity contribution in [2.75, 3.05) is 11.6 Å². The van der Waals surface area contributed by atoms with E-state index in [4.69, 9.17) is 4.74 Å². The van der Waals surface area contributed by atoms with Crippen molar-refractivity contribution in [3.63, 3.8) is 0 Å². The third kappa shape index (κ3) is 2.21. The summed E-state index contributed by atoms with van der Waals surface area (Å²) in [6, 6.07) is 6.70. The number of hydrogen-bond acceptors (Lipinski definition) is 2. The fourth-order valence-corrected chi connectivity index (χ4v) is 1.91. The fraction of sp³-hybridized carbons (Fsp3) is 0.429. The summed E-state index contributed by atoms with van der Waals surface area (Å²) in [5.74, 6) is 1.54. The summed E-state index contributed by atoms with van der Waals surface area (Å²) in [6.07, 6.45) is 2.05. The van der Waals surface area contributed by atoms with Crippen LogP contribution in [0.3, 0.4) is 0 Å². The van der Waals surface area contributed by atoms with Gasteiger partial charge < -0.3 is 9.64 Å². The summed E-state index contributed by atoms with van der Waals surface area (Å²) in [7, 11) is 0. The predicted molar refractivity (Wildman–Crippen MR) is 67.5 cm³/mol. The molecule has 1 aromatic carbocycles. The van der Waals surface area contributed by atoms with Crippen LogP contribution in [0.2, 0.25) is 0 Å². The third-order valence-corrected chi connectivity index (χ3v) is 2.85. The highest BCUT2D eigenvalue weighted by Gasteiger charge is 2.13. The molecule has 0 atom stereocenters. The molecule has 86 valence electrons. The van der Waals surface area contributed by atoms with Gasteiger partial charge in [-0.3, -0.25) is 0 Å². The summed E-state index contributed by atoms with van der Waals surface area (Å²) in [4.78, 5) is 2.15. The van der Waals surface area contributed by atoms with E-state index in [1.54, 1.807) is 0 Å². The Kier molecular flexibility index (Phi) is 2.90. The standard InChI is InChI=1S/C14H19NO/c1-10(2)13-5-11(3)6-14(7-13)15-8-12(4)16-9-15/h5-8,10H,9H2,1-4H3. The molecule has 2 nitrogen and oxygen atoms in total. The molecule has 16 heavy (non-hydrogen) atoms. The van der Waals surface area contributed by atoms with E-state index in [0.717, 1.165) is 5.76 Å². The molecule has 0 saturated carbocycles. The third-order valence-electron chi connectivity index (χ3n) is 2.85. The highest BCUT2D eigenvalue weighted by molar-refractivity contribution is 5.54. The van der Waals surface area contributed by atoms with Gasteiger partial charge in [-0.05, 0) is 43.0 Å². The molecule has 1 aliphatic heterocycles. The van der Waals surface area contributed by atoms with E-state index >= 15 is 0 Å². The van der Waals surface area contributed by atoms with Crippen LogP contribution in [0.25, 0.3) is 0 Å². The van der Waals surface area contributed by atoms with E-state index in [9.17, 15) is 0 Å². The first kappa shape index (κ1) is 11.1. The molecule has 0 saturated heterocycles. The molecule has 0 unspecified atom stereocenters. The number of aryl methyl sites for hydroxylation is 1. The van der Waals surface area contributed by atoms with Crippen molar-refractivity contribution < 1.29 is 4.74 Å². The Bertz CT molecular complexity index is 421. The number of hydrogen-bond donors (Lipinski definition) is 0. The quantitative estimate of drug-likeness (QED) is 0.747. The molecule has 0 spiro atoms. The molecule has 1 heterocycles. The highest BCUT2D eigenvalue weighted by Crippen LogP contribution is 2.26. The largest absolute Gasteiger partial charge is 0.476 e. The molecule has 0 aliphatic carbocycles. The minimum atomic E-state index is 0.562. The van der Waals surface area contributed by atoms with Crippen LogP contribution in [0.15, 0.2) is 30.2 Å². The van der Waals surface area contributed by atoms with Gasteiger partial charge >= 0.3 is 0 Å². The fourth-order valence-electron chi connectivity index (χ4n) is 1.91. The molecule has 0 bridgehead atoms. The van der Waals surface area contributed by atoms with Crippen molar-refractivity contribution in [1.82, 2.24) is 0 Å². The van der Waals surface area contributed by atoms with Crippen molar-refractivity contribution in [2.24, 2.45) is 0 Å². The maximum absolute atomic E-state index is 5.45. The lowest BCUT2D eigenvalue weighted by molar-refractivity contribution is 0.247. The highest BCUT2D eigenvalue weighted by atomic mass is 16.5. The van der Waals surface area contributed by atoms with Crippen LogP contribution in [0.1, 0.15) is 37.8 Å². The smallest absolute Gasteiger partial charge is 0.164 e. The van der Waals surface area contributed by atoms with Crippen LogP contribution < -0.4 is 4.90 Å². The molecule has 0 N–H and O–H groups in total. The Balaban J connectivity index is 2.34. The van der Waals surface area contributed by atoms with Gasteiger partial charge in [0.1, 0.15) is 5.76 Å². The van der Waals surface area contributed by atoms with E-state index in [1.807, 2.05) is 6.92 Å². The SMILES string of the molecule is CC1=CN(c2cc(C)cc(C(C)C)c2)CO1. The van der Waals surface area contributed by atoms with Gasteiger partial charge in [-0.15, -0.1) is 0 Å². The van der Waals surface area contributed by atoms with E-state index in [1.165, 1.54) is 16.8 Å². The summed E-state index contributed by atoms with van der Waals surface area (Å²) in [5, 5.41) is 0. The van der Waals surface area contributed by atoms with Crippen LogP contribution in [-0.4, -0.2) is 6.73 Å². The molecule has 0 fully saturated rings. The lowest BCUT2D eigenvalue weighted by Crippen LogP contribution is -2.13. The van der Waals surface area contributed by atoms with Gasteiger partial charge in [0.15, 0.2) is 6.73 Å². The summed E-state index contributed by atoms with van der Waals surface area (Å²) in [5.41, 5.74) is 3.91. The Morgan fingerprint density at radius 1 is 1.19 bits per heavy atom. The van der Waals surface area contributed by atoms with Gasteiger partial charge in [-0.1, -0.05) is 19.9 Å². The van der Waals surface area contributed by atoms with Crippen molar-refractivity contribution >= 4 is 5.69 Å². The second kappa shape index (κ2) is 4.20. The second-order valence-electron chi connectivity index (χ2n) is 4.74. The Labute approximate surface area is 97.5 Å². The minimum absolute atomic E-state index is 0.562. The van der Waals surface area contributed by atoms with Crippen molar-refractivity contribution in [1.29, 1.82) is 0 Å². The van der Waals surface area contributed by atoms with E-state index < -0.39 is 0 Å². The first-order valence-electron chi connectivity index (χ1n) is 5.75. The number of rotatable bonds is 2. The maximum atomic E-state index is 5.45. The number of anilines is 1. The van der Waals surface area contributed by atoms with Crippen LogP contribution in [-0.2, 0) is 4.74 Å². The average molecular weight is 217 g/mol. The minimum Gasteiger partial charge on any atom is -0.476 e. The Hall–Kier alpha value is -1.44. The lowest BCUT2D eigenvalue weighted by atomic mass is 10.00. The molecule has 2 rings (SSSR count). The van der Waals surface area contributed by atoms with E-state index in [-0.39, 0.29) is 0 Å². The zero-order valence-corrected chi connectivity index (χ0v) is 10.4. The molecule has 1 aliphatic rings. The van der Waals surface area contributed by atoms with E-state index in [2.05, 4.69) is 50.1 Å². The van der Waals surface area contributed by atoms with Gasteiger partial charge in [0, 0.05) is 11.9 Å². The molecule has 2 heteroatoms. The van der Waals surface area contributed by atoms with Crippen molar-refractivity contribution in [3.05, 3.63) is 41.3 Å². The van der Waals surface area contributed by atoms with Gasteiger partial charge in [0.05, 0.1) is 0 Å². The van der Waals surface area contributed by atoms with Crippen LogP contribution in [0.5, 0.6) is 0 Å². The predicted octanol–water partition coefficient (Wildman–Crippen LogP) is 3.77. The second-order valence-corrected chi connectivity index (χ2v) is 4.74. The van der Waals surface area contributed by atoms with E-state index in [0.29, 0.717) is 12.6 Å². The van der Waals surface area contributed by atoms with Crippen LogP contribution in [0, 0.1) is 6.92 Å². The van der Waals surface area contributed by atoms with Gasteiger partial charge in [0.25, 0.3) is 0 Å². The number of allylic oxidation sites excluding steroid dienone is 1. The number of benzene rings is 1. The summed E-state index contributed by atoms with van der Waals surface area (Å²) in [6.45, 7) is 9.20. The average Bonchev–Trinajstić information content (AvgIpc) is 2.64. The van der Waals surface area contributed by atoms with Crippen LogP contribution in [0.4, 0.5) is 5.69 Å². The molecular weight excluding hydrogens is 198 g/mol. The maximum Gasteiger partial charge on any atom is 0.164 e. The first-order valence-corrected chi connectivity index (χ1v) is 5.75. The monoisotopic (exact) mass is 217 g/mol. The van der Waals surface area contributed by atoms with Gasteiger partial charge in [0.2, 0.25) is 0 Å². The zero-order valence-electron chi connectivity index (χ0n) is 10.4. The number of ether oxygens (including phenoxy) is 1. The molecule has 0 aromatic heterocycles. The Morgan fingerprint density at radius 2 is 1.94 bits per heavy atom. The van der Waals surface area contributed by atoms with Crippen LogP contribution >= 0.6 is 0 Å². The number of nitrogens with zero attached hydrogens (tertiary/aromatic N) is 1. The van der Waals surface area contributed by atoms with Gasteiger partial charge in [-0.25, -0.2) is 0 Å². The molecule has 0 radical (unpaired) electrons. The summed E-state index contributed by atoms with van der Waals surface area (Å²) >= 11 is 0. The molecule has 0 amide bonds. The zero-order chi connectivity index (χ0) is 11.7. The lowest BCUT2D eigenvalue weighted by Gasteiger charge is -2.17. The van der Waals surface area contributed by atoms with Gasteiger partial charge in [-0.2, -0.15) is 0 Å².